The van der Waals surface area contributed by atoms with Gasteiger partial charge in [0.15, 0.2) is 0 Å². The summed E-state index contributed by atoms with van der Waals surface area (Å²) in [6, 6.07) is 59.5. The molecule has 0 aliphatic rings. The second-order valence-electron chi connectivity index (χ2n) is 11.9. The molecule has 2 heteroatoms. The summed E-state index contributed by atoms with van der Waals surface area (Å²) >= 11 is 0. The van der Waals surface area contributed by atoms with Crippen molar-refractivity contribution in [1.82, 2.24) is 9.13 Å². The fourth-order valence-electron chi connectivity index (χ4n) is 7.09. The molecule has 9 aromatic rings. The van der Waals surface area contributed by atoms with Crippen LogP contribution in [0.1, 0.15) is 5.56 Å². The number of nitrogens with zero attached hydrogens (tertiary/aromatic N) is 2. The zero-order valence-corrected chi connectivity index (χ0v) is 25.0. The van der Waals surface area contributed by atoms with Crippen LogP contribution in [0.5, 0.6) is 0 Å². The van der Waals surface area contributed by atoms with E-state index < -0.39 is 0 Å². The highest BCUT2D eigenvalue weighted by Gasteiger charge is 2.16. The molecule has 2 nitrogen and oxygen atoms in total. The van der Waals surface area contributed by atoms with Gasteiger partial charge in [-0.05, 0) is 89.3 Å². The van der Waals surface area contributed by atoms with Crippen LogP contribution in [0.25, 0.3) is 77.2 Å². The van der Waals surface area contributed by atoms with Gasteiger partial charge in [0.05, 0.1) is 22.1 Å². The number of fused-ring (bicyclic) bond motifs is 6. The average Bonchev–Trinajstić information content (AvgIpc) is 3.61. The first-order valence-corrected chi connectivity index (χ1v) is 15.5. The van der Waals surface area contributed by atoms with Gasteiger partial charge in [0.25, 0.3) is 0 Å². The molecule has 0 fully saturated rings. The highest BCUT2D eigenvalue weighted by atomic mass is 15.0. The van der Waals surface area contributed by atoms with Gasteiger partial charge in [-0.15, -0.1) is 0 Å². The van der Waals surface area contributed by atoms with E-state index in [9.17, 15) is 0 Å². The third-order valence-electron chi connectivity index (χ3n) is 9.27. The monoisotopic (exact) mass is 574 g/mol. The summed E-state index contributed by atoms with van der Waals surface area (Å²) in [4.78, 5) is 0. The Kier molecular flexibility index (Phi) is 5.76. The van der Waals surface area contributed by atoms with Gasteiger partial charge in [0.1, 0.15) is 0 Å². The Labute approximate surface area is 262 Å². The Bertz CT molecular complexity index is 2480. The maximum Gasteiger partial charge on any atom is 0.0541 e. The lowest BCUT2D eigenvalue weighted by Gasteiger charge is -2.12. The van der Waals surface area contributed by atoms with Gasteiger partial charge in [-0.3, -0.25) is 0 Å². The van der Waals surface area contributed by atoms with Crippen LogP contribution >= 0.6 is 0 Å². The van der Waals surface area contributed by atoms with Crippen LogP contribution in [0.4, 0.5) is 0 Å². The van der Waals surface area contributed by atoms with Gasteiger partial charge in [0.2, 0.25) is 0 Å². The fourth-order valence-corrected chi connectivity index (χ4v) is 7.09. The van der Waals surface area contributed by atoms with Gasteiger partial charge >= 0.3 is 0 Å². The average molecular weight is 575 g/mol. The predicted molar refractivity (Wildman–Crippen MR) is 191 cm³/mol. The number of hydrogen-bond donors (Lipinski definition) is 0. The molecule has 212 valence electrons. The van der Waals surface area contributed by atoms with E-state index in [1.165, 1.54) is 82.8 Å². The first kappa shape index (κ1) is 25.6. The second kappa shape index (κ2) is 10.1. The summed E-state index contributed by atoms with van der Waals surface area (Å²) in [5, 5.41) is 5.08. The molecule has 0 bridgehead atoms. The second-order valence-corrected chi connectivity index (χ2v) is 11.9. The molecule has 7 aromatic carbocycles. The Morgan fingerprint density at radius 2 is 0.800 bits per heavy atom. The topological polar surface area (TPSA) is 9.86 Å². The van der Waals surface area contributed by atoms with Gasteiger partial charge in [-0.1, -0.05) is 109 Å². The Hall–Kier alpha value is -5.86. The molecule has 2 aromatic heterocycles. The molecule has 0 amide bonds. The lowest BCUT2D eigenvalue weighted by molar-refractivity contribution is 1.15. The lowest BCUT2D eigenvalue weighted by atomic mass is 10.00. The maximum absolute atomic E-state index is 2.42. The van der Waals surface area contributed by atoms with E-state index in [1.807, 2.05) is 0 Å². The van der Waals surface area contributed by atoms with Crippen LogP contribution in [-0.2, 0) is 0 Å². The van der Waals surface area contributed by atoms with Crippen LogP contribution in [0.15, 0.2) is 164 Å². The molecule has 2 heterocycles. The number of hydrogen-bond acceptors (Lipinski definition) is 0. The van der Waals surface area contributed by atoms with Crippen molar-refractivity contribution in [3.63, 3.8) is 0 Å². The molecular formula is C43H30N2. The fraction of sp³-hybridized carbons (Fsp3) is 0.0233. The molecule has 9 rings (SSSR count). The predicted octanol–water partition coefficient (Wildman–Crippen LogP) is 11.5. The molecule has 0 saturated heterocycles. The van der Waals surface area contributed by atoms with E-state index in [0.29, 0.717) is 0 Å². The standard InChI is InChI=1S/C43H30N2/c1-29-11-5-8-16-39(29)45-42-25-21-32(30-12-3-2-4-13-30)27-37(42)38-28-33(22-26-43(38)45)31-19-23-34(24-20-31)44-40-17-9-6-14-35(40)36-15-7-10-18-41(36)44/h2-28H,1H3. The van der Waals surface area contributed by atoms with Crippen molar-refractivity contribution >= 4 is 43.6 Å². The van der Waals surface area contributed by atoms with Crippen molar-refractivity contribution in [3.05, 3.63) is 169 Å². The zero-order chi connectivity index (χ0) is 29.9. The molecule has 0 radical (unpaired) electrons. The van der Waals surface area contributed by atoms with E-state index in [1.54, 1.807) is 0 Å². The molecule has 0 aliphatic carbocycles. The summed E-state index contributed by atoms with van der Waals surface area (Å²) in [6.45, 7) is 2.19. The minimum Gasteiger partial charge on any atom is -0.309 e. The first-order valence-electron chi connectivity index (χ1n) is 15.5. The number of benzene rings is 7. The Morgan fingerprint density at radius 3 is 1.40 bits per heavy atom. The number of rotatable bonds is 4. The zero-order valence-electron chi connectivity index (χ0n) is 25.0. The van der Waals surface area contributed by atoms with Crippen LogP contribution in [-0.4, -0.2) is 9.13 Å². The Balaban J connectivity index is 1.22. The van der Waals surface area contributed by atoms with E-state index in [2.05, 4.69) is 180 Å². The quantitative estimate of drug-likeness (QED) is 0.198. The van der Waals surface area contributed by atoms with E-state index >= 15 is 0 Å². The summed E-state index contributed by atoms with van der Waals surface area (Å²) in [5.74, 6) is 0. The van der Waals surface area contributed by atoms with Crippen molar-refractivity contribution in [2.75, 3.05) is 0 Å². The van der Waals surface area contributed by atoms with Crippen molar-refractivity contribution in [3.8, 4) is 33.6 Å². The lowest BCUT2D eigenvalue weighted by Crippen LogP contribution is -1.96. The molecule has 0 aliphatic heterocycles. The van der Waals surface area contributed by atoms with Gasteiger partial charge in [0, 0.05) is 32.9 Å². The summed E-state index contributed by atoms with van der Waals surface area (Å²) < 4.78 is 4.79. The summed E-state index contributed by atoms with van der Waals surface area (Å²) in [7, 11) is 0. The smallest absolute Gasteiger partial charge is 0.0541 e. The molecule has 45 heavy (non-hydrogen) atoms. The van der Waals surface area contributed by atoms with E-state index in [-0.39, 0.29) is 0 Å². The van der Waals surface area contributed by atoms with Crippen molar-refractivity contribution in [2.24, 2.45) is 0 Å². The minimum absolute atomic E-state index is 1.17. The van der Waals surface area contributed by atoms with Gasteiger partial charge in [-0.25, -0.2) is 0 Å². The normalized spacial score (nSPS) is 11.7. The van der Waals surface area contributed by atoms with Gasteiger partial charge < -0.3 is 9.13 Å². The Morgan fingerprint density at radius 1 is 0.333 bits per heavy atom. The largest absolute Gasteiger partial charge is 0.309 e. The van der Waals surface area contributed by atoms with Crippen LogP contribution in [0.3, 0.4) is 0 Å². The van der Waals surface area contributed by atoms with E-state index in [0.717, 1.165) is 0 Å². The van der Waals surface area contributed by atoms with Crippen LogP contribution < -0.4 is 0 Å². The third kappa shape index (κ3) is 4.03. The summed E-state index contributed by atoms with van der Waals surface area (Å²) in [6.07, 6.45) is 0. The first-order chi connectivity index (χ1) is 22.2. The maximum atomic E-state index is 2.42. The summed E-state index contributed by atoms with van der Waals surface area (Å²) in [5.41, 5.74) is 13.4. The van der Waals surface area contributed by atoms with Gasteiger partial charge in [-0.2, -0.15) is 0 Å². The molecule has 0 saturated carbocycles. The van der Waals surface area contributed by atoms with Crippen molar-refractivity contribution in [2.45, 2.75) is 6.92 Å². The SMILES string of the molecule is Cc1ccccc1-n1c2ccc(-c3ccccc3)cc2c2cc(-c3ccc(-n4c5ccccc5c5ccccc54)cc3)ccc21. The third-order valence-corrected chi connectivity index (χ3v) is 9.27. The molecule has 0 unspecified atom stereocenters. The molecule has 0 atom stereocenters. The number of aromatic nitrogens is 2. The molecule has 0 N–H and O–H groups in total. The van der Waals surface area contributed by atoms with E-state index in [4.69, 9.17) is 0 Å². The van der Waals surface area contributed by atoms with Crippen molar-refractivity contribution < 1.29 is 0 Å². The highest BCUT2D eigenvalue weighted by Crippen LogP contribution is 2.38. The highest BCUT2D eigenvalue weighted by molar-refractivity contribution is 6.12. The molecule has 0 spiro atoms. The van der Waals surface area contributed by atoms with Crippen LogP contribution in [0.2, 0.25) is 0 Å². The number of aryl methyl sites for hydroxylation is 1. The minimum atomic E-state index is 1.17. The number of para-hydroxylation sites is 3. The molecular weight excluding hydrogens is 544 g/mol. The van der Waals surface area contributed by atoms with Crippen molar-refractivity contribution in [1.29, 1.82) is 0 Å². The van der Waals surface area contributed by atoms with Crippen LogP contribution in [0, 0.1) is 6.92 Å².